The lowest BCUT2D eigenvalue weighted by atomic mass is 10.1. The van der Waals surface area contributed by atoms with Gasteiger partial charge in [0, 0.05) is 43.1 Å². The van der Waals surface area contributed by atoms with Gasteiger partial charge < -0.3 is 14.5 Å². The molecule has 31 heavy (non-hydrogen) atoms. The molecule has 170 valence electrons. The number of anilines is 1. The summed E-state index contributed by atoms with van der Waals surface area (Å²) in [7, 11) is 4.14. The van der Waals surface area contributed by atoms with Crippen molar-refractivity contribution in [1.29, 1.82) is 0 Å². The Morgan fingerprint density at radius 3 is 2.48 bits per heavy atom. The largest absolute Gasteiger partial charge is 0.444 e. The summed E-state index contributed by atoms with van der Waals surface area (Å²) >= 11 is 0. The quantitative estimate of drug-likeness (QED) is 0.638. The first-order chi connectivity index (χ1) is 14.4. The maximum absolute atomic E-state index is 14.8. The van der Waals surface area contributed by atoms with Gasteiger partial charge in [-0.3, -0.25) is 10.3 Å². The summed E-state index contributed by atoms with van der Waals surface area (Å²) in [6.45, 7) is 12.2. The molecule has 0 aliphatic heterocycles. The van der Waals surface area contributed by atoms with Crippen LogP contribution in [0.1, 0.15) is 40.2 Å². The second kappa shape index (κ2) is 10.7. The molecule has 0 saturated heterocycles. The van der Waals surface area contributed by atoms with E-state index in [4.69, 9.17) is 4.74 Å². The van der Waals surface area contributed by atoms with Crippen molar-refractivity contribution in [3.63, 3.8) is 0 Å². The number of hydrogen-bond donors (Lipinski definition) is 1. The molecule has 7 heteroatoms. The number of hydrogen-bond acceptors (Lipinski definition) is 5. The van der Waals surface area contributed by atoms with Crippen molar-refractivity contribution in [3.8, 4) is 11.3 Å². The van der Waals surface area contributed by atoms with E-state index in [1.54, 1.807) is 45.0 Å². The van der Waals surface area contributed by atoms with Gasteiger partial charge in [0.25, 0.3) is 0 Å². The first-order valence-electron chi connectivity index (χ1n) is 10.6. The molecule has 0 radical (unpaired) electrons. The van der Waals surface area contributed by atoms with Gasteiger partial charge in [-0.1, -0.05) is 6.07 Å². The number of rotatable bonds is 8. The minimum atomic E-state index is -0.598. The van der Waals surface area contributed by atoms with Gasteiger partial charge >= 0.3 is 6.09 Å². The number of carbonyl (C=O) groups excluding carboxylic acids is 1. The smallest absolute Gasteiger partial charge is 0.412 e. The van der Waals surface area contributed by atoms with Gasteiger partial charge in [-0.15, -0.1) is 0 Å². The summed E-state index contributed by atoms with van der Waals surface area (Å²) in [5, 5.41) is 2.66. The van der Waals surface area contributed by atoms with Crippen molar-refractivity contribution in [2.45, 2.75) is 52.8 Å². The molecule has 2 aromatic rings. The zero-order chi connectivity index (χ0) is 23.2. The Morgan fingerprint density at radius 2 is 1.87 bits per heavy atom. The number of carbonyl (C=O) groups is 1. The molecular formula is C24H35FN4O2. The number of nitrogens with one attached hydrogen (secondary N) is 1. The van der Waals surface area contributed by atoms with Crippen LogP contribution in [0.4, 0.5) is 14.9 Å². The van der Waals surface area contributed by atoms with E-state index < -0.39 is 11.7 Å². The minimum Gasteiger partial charge on any atom is -0.444 e. The Kier molecular flexibility index (Phi) is 8.53. The molecule has 0 fully saturated rings. The lowest BCUT2D eigenvalue weighted by Gasteiger charge is -2.24. The van der Waals surface area contributed by atoms with E-state index in [9.17, 15) is 9.18 Å². The maximum atomic E-state index is 14.8. The van der Waals surface area contributed by atoms with E-state index in [-0.39, 0.29) is 5.82 Å². The number of benzene rings is 1. The fourth-order valence-corrected chi connectivity index (χ4v) is 2.92. The van der Waals surface area contributed by atoms with Gasteiger partial charge in [0.2, 0.25) is 0 Å². The summed E-state index contributed by atoms with van der Waals surface area (Å²) in [5.41, 5.74) is 1.64. The molecule has 0 aliphatic carbocycles. The van der Waals surface area contributed by atoms with Crippen LogP contribution in [0.15, 0.2) is 36.5 Å². The summed E-state index contributed by atoms with van der Waals surface area (Å²) in [6, 6.07) is 8.97. The van der Waals surface area contributed by atoms with E-state index in [0.29, 0.717) is 29.5 Å². The van der Waals surface area contributed by atoms with Gasteiger partial charge in [0.1, 0.15) is 11.4 Å². The molecule has 1 N–H and O–H groups in total. The van der Waals surface area contributed by atoms with Crippen LogP contribution in [0.3, 0.4) is 0 Å². The summed E-state index contributed by atoms with van der Waals surface area (Å²) in [6.07, 6.45) is 0.973. The molecule has 0 unspecified atom stereocenters. The van der Waals surface area contributed by atoms with Gasteiger partial charge in [-0.05, 0) is 78.5 Å². The molecule has 0 aliphatic rings. The summed E-state index contributed by atoms with van der Waals surface area (Å²) in [4.78, 5) is 20.7. The van der Waals surface area contributed by atoms with Crippen molar-refractivity contribution in [2.24, 2.45) is 0 Å². The van der Waals surface area contributed by atoms with Crippen molar-refractivity contribution in [2.75, 3.05) is 32.5 Å². The number of halogens is 1. The number of pyridine rings is 1. The number of likely N-dealkylation sites (N-methyl/N-ethyl adjacent to an activating group) is 2. The van der Waals surface area contributed by atoms with Crippen LogP contribution in [0, 0.1) is 5.82 Å². The molecule has 0 saturated carbocycles. The van der Waals surface area contributed by atoms with Crippen molar-refractivity contribution in [1.82, 2.24) is 14.8 Å². The normalized spacial score (nSPS) is 12.0. The standard InChI is InChI=1S/C24H35FN4O2/c1-17(2)29(7)13-12-28(6)16-18-8-9-20(21(25)14-18)22-15-19(10-11-26-22)27-23(30)31-24(3,4)5/h8-11,14-15,17H,12-13,16H2,1-7H3,(H,26,27,30). The van der Waals surface area contributed by atoms with Crippen molar-refractivity contribution in [3.05, 3.63) is 47.9 Å². The first-order valence-corrected chi connectivity index (χ1v) is 10.6. The molecular weight excluding hydrogens is 395 g/mol. The molecule has 1 aromatic carbocycles. The first kappa shape index (κ1) is 24.8. The van der Waals surface area contributed by atoms with Crippen molar-refractivity contribution < 1.29 is 13.9 Å². The minimum absolute atomic E-state index is 0.341. The Bertz CT molecular complexity index is 880. The summed E-state index contributed by atoms with van der Waals surface area (Å²) in [5.74, 6) is -0.341. The number of amides is 1. The second-order valence-corrected chi connectivity index (χ2v) is 9.18. The lowest BCUT2D eigenvalue weighted by Crippen LogP contribution is -2.34. The fraction of sp³-hybridized carbons (Fsp3) is 0.500. The zero-order valence-corrected chi connectivity index (χ0v) is 19.7. The predicted octanol–water partition coefficient (Wildman–Crippen LogP) is 5.01. The van der Waals surface area contributed by atoms with E-state index >= 15 is 0 Å². The van der Waals surface area contributed by atoms with Gasteiger partial charge in [-0.25, -0.2) is 9.18 Å². The van der Waals surface area contributed by atoms with Crippen LogP contribution < -0.4 is 5.32 Å². The summed E-state index contributed by atoms with van der Waals surface area (Å²) < 4.78 is 20.1. The van der Waals surface area contributed by atoms with Crippen LogP contribution in [0.25, 0.3) is 11.3 Å². The maximum Gasteiger partial charge on any atom is 0.412 e. The molecule has 2 rings (SSSR count). The molecule has 0 atom stereocenters. The Labute approximate surface area is 185 Å². The van der Waals surface area contributed by atoms with E-state index in [1.807, 2.05) is 13.1 Å². The molecule has 6 nitrogen and oxygen atoms in total. The van der Waals surface area contributed by atoms with Gasteiger partial charge in [0.15, 0.2) is 0 Å². The third-order valence-corrected chi connectivity index (χ3v) is 4.88. The number of aromatic nitrogens is 1. The topological polar surface area (TPSA) is 57.7 Å². The molecule has 1 aromatic heterocycles. The van der Waals surface area contributed by atoms with Gasteiger partial charge in [-0.2, -0.15) is 0 Å². The SMILES string of the molecule is CC(C)N(C)CCN(C)Cc1ccc(-c2cc(NC(=O)OC(C)(C)C)ccn2)c(F)c1. The molecule has 0 spiro atoms. The Morgan fingerprint density at radius 1 is 1.16 bits per heavy atom. The highest BCUT2D eigenvalue weighted by Crippen LogP contribution is 2.25. The monoisotopic (exact) mass is 430 g/mol. The highest BCUT2D eigenvalue weighted by atomic mass is 19.1. The Balaban J connectivity index is 2.05. The van der Waals surface area contributed by atoms with E-state index in [1.165, 1.54) is 6.20 Å². The van der Waals surface area contributed by atoms with E-state index in [0.717, 1.165) is 18.7 Å². The highest BCUT2D eigenvalue weighted by Gasteiger charge is 2.17. The average Bonchev–Trinajstić information content (AvgIpc) is 2.64. The Hall–Kier alpha value is -2.51. The van der Waals surface area contributed by atoms with Crippen LogP contribution in [0.2, 0.25) is 0 Å². The lowest BCUT2D eigenvalue weighted by molar-refractivity contribution is 0.0636. The zero-order valence-electron chi connectivity index (χ0n) is 19.7. The number of nitrogens with zero attached hydrogens (tertiary/aromatic N) is 3. The second-order valence-electron chi connectivity index (χ2n) is 9.18. The highest BCUT2D eigenvalue weighted by molar-refractivity contribution is 5.85. The van der Waals surface area contributed by atoms with Crippen LogP contribution >= 0.6 is 0 Å². The van der Waals surface area contributed by atoms with Crippen LogP contribution in [-0.4, -0.2) is 59.7 Å². The van der Waals surface area contributed by atoms with Gasteiger partial charge in [0.05, 0.1) is 5.69 Å². The average molecular weight is 431 g/mol. The third-order valence-electron chi connectivity index (χ3n) is 4.88. The molecule has 1 heterocycles. The molecule has 0 bridgehead atoms. The van der Waals surface area contributed by atoms with Crippen LogP contribution in [-0.2, 0) is 11.3 Å². The third kappa shape index (κ3) is 8.26. The van der Waals surface area contributed by atoms with Crippen LogP contribution in [0.5, 0.6) is 0 Å². The van der Waals surface area contributed by atoms with E-state index in [2.05, 4.69) is 41.0 Å². The molecule has 1 amide bonds. The fourth-order valence-electron chi connectivity index (χ4n) is 2.92. The number of ether oxygens (including phenoxy) is 1. The predicted molar refractivity (Wildman–Crippen MR) is 124 cm³/mol. The van der Waals surface area contributed by atoms with Crippen molar-refractivity contribution >= 4 is 11.8 Å².